The molecular weight excluding hydrogens is 358 g/mol. The Bertz CT molecular complexity index is 869. The van der Waals surface area contributed by atoms with E-state index in [0.717, 1.165) is 6.20 Å². The van der Waals surface area contributed by atoms with Gasteiger partial charge in [-0.05, 0) is 18.2 Å². The number of ether oxygens (including phenoxy) is 2. The van der Waals surface area contributed by atoms with Gasteiger partial charge in [0.15, 0.2) is 5.82 Å². The minimum atomic E-state index is -3.26. The highest BCUT2D eigenvalue weighted by Crippen LogP contribution is 2.24. The molecule has 0 aliphatic rings. The number of alkyl halides is 2. The van der Waals surface area contributed by atoms with Crippen LogP contribution in [0, 0.1) is 23.0 Å². The number of halogens is 4. The number of rotatable bonds is 6. The van der Waals surface area contributed by atoms with Gasteiger partial charge in [-0.3, -0.25) is 4.79 Å². The molecule has 6 nitrogen and oxygen atoms in total. The SMILES string of the molecule is COc1ccc(C#N)c(F)c1CNC(=O)c1cnc(OC(F)F)c(F)c1. The number of methoxy groups -OCH3 is 1. The Balaban J connectivity index is 2.17. The Hall–Kier alpha value is -3.35. The van der Waals surface area contributed by atoms with E-state index in [9.17, 15) is 22.4 Å². The third-order valence-electron chi connectivity index (χ3n) is 3.24. The second-order valence-electron chi connectivity index (χ2n) is 4.79. The van der Waals surface area contributed by atoms with E-state index < -0.39 is 30.0 Å². The van der Waals surface area contributed by atoms with Gasteiger partial charge in [0.1, 0.15) is 17.6 Å². The van der Waals surface area contributed by atoms with E-state index >= 15 is 0 Å². The minimum absolute atomic E-state index is 0.0778. The number of carbonyl (C=O) groups is 1. The summed E-state index contributed by atoms with van der Waals surface area (Å²) in [6, 6.07) is 4.89. The van der Waals surface area contributed by atoms with Crippen molar-refractivity contribution in [2.75, 3.05) is 7.11 Å². The minimum Gasteiger partial charge on any atom is -0.496 e. The summed E-state index contributed by atoms with van der Waals surface area (Å²) in [5.74, 6) is -3.81. The topological polar surface area (TPSA) is 84.2 Å². The van der Waals surface area contributed by atoms with Crippen molar-refractivity contribution in [3.05, 3.63) is 52.7 Å². The van der Waals surface area contributed by atoms with Crippen LogP contribution in [0.1, 0.15) is 21.5 Å². The molecule has 1 heterocycles. The van der Waals surface area contributed by atoms with Crippen LogP contribution in [-0.4, -0.2) is 24.6 Å². The summed E-state index contributed by atoms with van der Waals surface area (Å²) in [4.78, 5) is 15.3. The summed E-state index contributed by atoms with van der Waals surface area (Å²) in [6.07, 6.45) is 0.829. The third kappa shape index (κ3) is 4.18. The van der Waals surface area contributed by atoms with Gasteiger partial charge in [-0.15, -0.1) is 0 Å². The highest BCUT2D eigenvalue weighted by Gasteiger charge is 2.18. The van der Waals surface area contributed by atoms with Gasteiger partial charge in [0.2, 0.25) is 0 Å². The van der Waals surface area contributed by atoms with Gasteiger partial charge in [-0.25, -0.2) is 13.8 Å². The maximum Gasteiger partial charge on any atom is 0.388 e. The van der Waals surface area contributed by atoms with E-state index in [1.807, 2.05) is 0 Å². The normalized spacial score (nSPS) is 10.3. The zero-order valence-corrected chi connectivity index (χ0v) is 13.2. The Morgan fingerprint density at radius 2 is 2.12 bits per heavy atom. The molecular formula is C16H11F4N3O3. The number of pyridine rings is 1. The first-order valence-electron chi connectivity index (χ1n) is 7.01. The van der Waals surface area contributed by atoms with E-state index in [2.05, 4.69) is 15.0 Å². The highest BCUT2D eigenvalue weighted by atomic mass is 19.3. The quantitative estimate of drug-likeness (QED) is 0.792. The zero-order valence-electron chi connectivity index (χ0n) is 13.2. The molecule has 26 heavy (non-hydrogen) atoms. The van der Waals surface area contributed by atoms with E-state index in [1.54, 1.807) is 6.07 Å². The Morgan fingerprint density at radius 3 is 2.69 bits per heavy atom. The van der Waals surface area contributed by atoms with Gasteiger partial charge in [0, 0.05) is 12.7 Å². The predicted molar refractivity (Wildman–Crippen MR) is 79.7 cm³/mol. The molecule has 0 atom stereocenters. The fourth-order valence-electron chi connectivity index (χ4n) is 2.04. The molecule has 0 unspecified atom stereocenters. The number of benzene rings is 1. The molecule has 136 valence electrons. The smallest absolute Gasteiger partial charge is 0.388 e. The molecule has 2 aromatic rings. The highest BCUT2D eigenvalue weighted by molar-refractivity contribution is 5.93. The molecule has 2 rings (SSSR count). The van der Waals surface area contributed by atoms with Gasteiger partial charge < -0.3 is 14.8 Å². The zero-order chi connectivity index (χ0) is 19.3. The van der Waals surface area contributed by atoms with Gasteiger partial charge in [0.05, 0.1) is 23.8 Å². The third-order valence-corrected chi connectivity index (χ3v) is 3.24. The fourth-order valence-corrected chi connectivity index (χ4v) is 2.04. The van der Waals surface area contributed by atoms with Crippen LogP contribution >= 0.6 is 0 Å². The van der Waals surface area contributed by atoms with Crippen LogP contribution < -0.4 is 14.8 Å². The molecule has 1 aromatic heterocycles. The fraction of sp³-hybridized carbons (Fsp3) is 0.188. The predicted octanol–water partition coefficient (Wildman–Crippen LogP) is 2.77. The summed E-state index contributed by atoms with van der Waals surface area (Å²) in [7, 11) is 1.28. The summed E-state index contributed by atoms with van der Waals surface area (Å²) in [5, 5.41) is 11.2. The average molecular weight is 369 g/mol. The maximum absolute atomic E-state index is 14.2. The second-order valence-corrected chi connectivity index (χ2v) is 4.79. The number of carbonyl (C=O) groups excluding carboxylic acids is 1. The molecule has 0 fully saturated rings. The summed E-state index contributed by atoms with van der Waals surface area (Å²) in [5.41, 5.74) is -0.609. The number of nitriles is 1. The Labute approximate surface area is 145 Å². The standard InChI is InChI=1S/C16H11F4N3O3/c1-25-12-3-2-8(5-21)13(18)10(12)7-22-14(24)9-4-11(17)15(23-6-9)26-16(19)20/h2-4,6,16H,7H2,1H3,(H,22,24). The van der Waals surface area contributed by atoms with Crippen molar-refractivity contribution in [1.82, 2.24) is 10.3 Å². The van der Waals surface area contributed by atoms with Crippen LogP contribution in [0.15, 0.2) is 24.4 Å². The van der Waals surface area contributed by atoms with Crippen molar-refractivity contribution < 1.29 is 31.8 Å². The van der Waals surface area contributed by atoms with Crippen LogP contribution in [0.3, 0.4) is 0 Å². The molecule has 1 N–H and O–H groups in total. The maximum atomic E-state index is 14.2. The Morgan fingerprint density at radius 1 is 1.38 bits per heavy atom. The molecule has 0 radical (unpaired) electrons. The molecule has 0 aliphatic carbocycles. The summed E-state index contributed by atoms with van der Waals surface area (Å²) in [6.45, 7) is -3.63. The first-order chi connectivity index (χ1) is 12.4. The monoisotopic (exact) mass is 369 g/mol. The van der Waals surface area contributed by atoms with E-state index in [4.69, 9.17) is 10.00 Å². The van der Waals surface area contributed by atoms with Crippen LogP contribution in [0.2, 0.25) is 0 Å². The van der Waals surface area contributed by atoms with Crippen molar-refractivity contribution >= 4 is 5.91 Å². The lowest BCUT2D eigenvalue weighted by molar-refractivity contribution is -0.0553. The van der Waals surface area contributed by atoms with Crippen molar-refractivity contribution in [2.45, 2.75) is 13.2 Å². The molecule has 10 heteroatoms. The van der Waals surface area contributed by atoms with Crippen LogP contribution in [0.25, 0.3) is 0 Å². The lowest BCUT2D eigenvalue weighted by atomic mass is 10.1. The Kier molecular flexibility index (Phi) is 5.95. The molecule has 0 saturated carbocycles. The summed E-state index contributed by atoms with van der Waals surface area (Å²) < 4.78 is 60.7. The molecule has 0 saturated heterocycles. The van der Waals surface area contributed by atoms with E-state index in [0.29, 0.717) is 6.07 Å². The average Bonchev–Trinajstić information content (AvgIpc) is 2.61. The molecule has 1 amide bonds. The van der Waals surface area contributed by atoms with Crippen LogP contribution in [0.5, 0.6) is 11.6 Å². The van der Waals surface area contributed by atoms with Crippen molar-refractivity contribution in [3.63, 3.8) is 0 Å². The number of hydrogen-bond acceptors (Lipinski definition) is 5. The van der Waals surface area contributed by atoms with Gasteiger partial charge in [-0.1, -0.05) is 0 Å². The number of nitrogens with one attached hydrogen (secondary N) is 1. The number of hydrogen-bond donors (Lipinski definition) is 1. The van der Waals surface area contributed by atoms with Gasteiger partial charge >= 0.3 is 6.61 Å². The largest absolute Gasteiger partial charge is 0.496 e. The van der Waals surface area contributed by atoms with Crippen molar-refractivity contribution in [3.8, 4) is 17.7 Å². The van der Waals surface area contributed by atoms with Gasteiger partial charge in [0.25, 0.3) is 11.8 Å². The van der Waals surface area contributed by atoms with Gasteiger partial charge in [-0.2, -0.15) is 14.0 Å². The summed E-state index contributed by atoms with van der Waals surface area (Å²) >= 11 is 0. The van der Waals surface area contributed by atoms with E-state index in [1.165, 1.54) is 19.2 Å². The number of nitrogens with zero attached hydrogens (tertiary/aromatic N) is 2. The second kappa shape index (κ2) is 8.15. The first kappa shape index (κ1) is 19.0. The van der Waals surface area contributed by atoms with Crippen molar-refractivity contribution in [2.24, 2.45) is 0 Å². The molecule has 0 spiro atoms. The van der Waals surface area contributed by atoms with Crippen molar-refractivity contribution in [1.29, 1.82) is 5.26 Å². The lowest BCUT2D eigenvalue weighted by Crippen LogP contribution is -2.24. The molecule has 0 bridgehead atoms. The number of amides is 1. The lowest BCUT2D eigenvalue weighted by Gasteiger charge is -2.12. The van der Waals surface area contributed by atoms with Crippen LogP contribution in [0.4, 0.5) is 17.6 Å². The molecule has 1 aromatic carbocycles. The molecule has 0 aliphatic heterocycles. The first-order valence-corrected chi connectivity index (χ1v) is 7.01. The number of aromatic nitrogens is 1. The van der Waals surface area contributed by atoms with Crippen LogP contribution in [-0.2, 0) is 6.54 Å². The van der Waals surface area contributed by atoms with E-state index in [-0.39, 0.29) is 29.0 Å².